The van der Waals surface area contributed by atoms with E-state index in [4.69, 9.17) is 14.2 Å². The SMILES string of the molecule is CC1=C(c2cccc(OC3CCCCO3)c2)C(c2ccc(C#CCN3CCCCC3)cc2)Oc2ccc(C)cc21. The Bertz CT molecular complexity index is 1420. The predicted octanol–water partition coefficient (Wildman–Crippen LogP) is 7.80. The molecule has 0 aliphatic carbocycles. The highest BCUT2D eigenvalue weighted by Gasteiger charge is 2.29. The van der Waals surface area contributed by atoms with E-state index in [0.29, 0.717) is 0 Å². The fourth-order valence-corrected chi connectivity index (χ4v) is 5.97. The summed E-state index contributed by atoms with van der Waals surface area (Å²) in [5.74, 6) is 8.50. The molecule has 40 heavy (non-hydrogen) atoms. The molecule has 0 bridgehead atoms. The van der Waals surface area contributed by atoms with E-state index in [0.717, 1.165) is 71.7 Å². The van der Waals surface area contributed by atoms with Crippen molar-refractivity contribution in [2.75, 3.05) is 26.2 Å². The molecule has 0 aromatic heterocycles. The van der Waals surface area contributed by atoms with Crippen LogP contribution < -0.4 is 9.47 Å². The fraction of sp³-hybridized carbons (Fsp3) is 0.389. The standard InChI is InChI=1S/C36H39NO3/c1-26-14-19-33-32(24-26)27(2)35(30-11-8-12-31(25-30)39-34-13-4-7-23-38-34)36(40-33)29-17-15-28(16-18-29)10-9-22-37-20-5-3-6-21-37/h8,11-12,14-19,24-25,34,36H,3-7,13,20-23H2,1-2H3. The van der Waals surface area contributed by atoms with Crippen LogP contribution in [0, 0.1) is 18.8 Å². The second-order valence-corrected chi connectivity index (χ2v) is 11.2. The average Bonchev–Trinajstić information content (AvgIpc) is 2.99. The lowest BCUT2D eigenvalue weighted by atomic mass is 9.85. The number of hydrogen-bond donors (Lipinski definition) is 0. The molecular formula is C36H39NO3. The van der Waals surface area contributed by atoms with Crippen LogP contribution in [-0.2, 0) is 4.74 Å². The minimum absolute atomic E-state index is 0.176. The van der Waals surface area contributed by atoms with Crippen molar-refractivity contribution in [3.63, 3.8) is 0 Å². The molecule has 2 unspecified atom stereocenters. The van der Waals surface area contributed by atoms with Crippen LogP contribution >= 0.6 is 0 Å². The third-order valence-corrected chi connectivity index (χ3v) is 8.20. The van der Waals surface area contributed by atoms with Crippen LogP contribution in [0.2, 0.25) is 0 Å². The van der Waals surface area contributed by atoms with Crippen molar-refractivity contribution in [3.05, 3.63) is 94.5 Å². The minimum atomic E-state index is -0.230. The third kappa shape index (κ3) is 6.12. The lowest BCUT2D eigenvalue weighted by molar-refractivity contribution is -0.105. The number of benzene rings is 3. The highest BCUT2D eigenvalue weighted by molar-refractivity contribution is 5.95. The van der Waals surface area contributed by atoms with Crippen molar-refractivity contribution in [2.24, 2.45) is 0 Å². The number of allylic oxidation sites excluding steroid dienone is 1. The molecule has 2 saturated heterocycles. The van der Waals surface area contributed by atoms with Crippen LogP contribution in [0.1, 0.15) is 79.4 Å². The van der Waals surface area contributed by atoms with Crippen molar-refractivity contribution in [2.45, 2.75) is 64.8 Å². The zero-order valence-corrected chi connectivity index (χ0v) is 23.7. The van der Waals surface area contributed by atoms with Crippen molar-refractivity contribution in [3.8, 4) is 23.3 Å². The summed E-state index contributed by atoms with van der Waals surface area (Å²) in [6.45, 7) is 8.29. The summed E-state index contributed by atoms with van der Waals surface area (Å²) in [5.41, 5.74) is 8.02. The van der Waals surface area contributed by atoms with Gasteiger partial charge in [0.15, 0.2) is 6.29 Å². The van der Waals surface area contributed by atoms with Crippen LogP contribution in [0.15, 0.2) is 66.7 Å². The van der Waals surface area contributed by atoms with Gasteiger partial charge in [-0.05, 0) is 106 Å². The van der Waals surface area contributed by atoms with Gasteiger partial charge in [0.2, 0.25) is 0 Å². The van der Waals surface area contributed by atoms with Crippen LogP contribution in [0.25, 0.3) is 11.1 Å². The summed E-state index contributed by atoms with van der Waals surface area (Å²) in [5, 5.41) is 0. The second kappa shape index (κ2) is 12.3. The molecule has 0 radical (unpaired) electrons. The Hall–Kier alpha value is -3.52. The van der Waals surface area contributed by atoms with Gasteiger partial charge in [-0.1, -0.05) is 54.2 Å². The zero-order chi connectivity index (χ0) is 27.3. The quantitative estimate of drug-likeness (QED) is 0.313. The van der Waals surface area contributed by atoms with E-state index >= 15 is 0 Å². The van der Waals surface area contributed by atoms with Gasteiger partial charge in [0.05, 0.1) is 13.2 Å². The summed E-state index contributed by atoms with van der Waals surface area (Å²) < 4.78 is 18.8. The van der Waals surface area contributed by atoms with Crippen LogP contribution in [0.3, 0.4) is 0 Å². The number of fused-ring (bicyclic) bond motifs is 1. The molecule has 3 aromatic rings. The summed E-state index contributed by atoms with van der Waals surface area (Å²) in [4.78, 5) is 2.46. The van der Waals surface area contributed by atoms with Crippen molar-refractivity contribution in [1.82, 2.24) is 4.90 Å². The predicted molar refractivity (Wildman–Crippen MR) is 161 cm³/mol. The summed E-state index contributed by atoms with van der Waals surface area (Å²) in [7, 11) is 0. The Balaban J connectivity index is 1.29. The number of piperidine rings is 1. The van der Waals surface area contributed by atoms with E-state index in [1.54, 1.807) is 0 Å². The Morgan fingerprint density at radius 2 is 1.75 bits per heavy atom. The summed E-state index contributed by atoms with van der Waals surface area (Å²) in [6.07, 6.45) is 6.69. The molecular weight excluding hydrogens is 494 g/mol. The first kappa shape index (κ1) is 26.7. The van der Waals surface area contributed by atoms with E-state index in [2.05, 4.69) is 91.3 Å². The average molecular weight is 534 g/mol. The maximum Gasteiger partial charge on any atom is 0.199 e. The van der Waals surface area contributed by atoms with Gasteiger partial charge in [-0.2, -0.15) is 0 Å². The largest absolute Gasteiger partial charge is 0.480 e. The molecule has 0 spiro atoms. The van der Waals surface area contributed by atoms with Crippen LogP contribution in [0.5, 0.6) is 11.5 Å². The Labute approximate surface area is 239 Å². The fourth-order valence-electron chi connectivity index (χ4n) is 5.97. The highest BCUT2D eigenvalue weighted by Crippen LogP contribution is 2.47. The molecule has 0 amide bonds. The van der Waals surface area contributed by atoms with Crippen LogP contribution in [0.4, 0.5) is 0 Å². The number of ether oxygens (including phenoxy) is 3. The van der Waals surface area contributed by atoms with E-state index in [9.17, 15) is 0 Å². The molecule has 4 nitrogen and oxygen atoms in total. The van der Waals surface area contributed by atoms with Crippen molar-refractivity contribution in [1.29, 1.82) is 0 Å². The molecule has 206 valence electrons. The van der Waals surface area contributed by atoms with Gasteiger partial charge in [0, 0.05) is 23.1 Å². The highest BCUT2D eigenvalue weighted by atomic mass is 16.7. The lowest BCUT2D eigenvalue weighted by Gasteiger charge is -2.31. The minimum Gasteiger partial charge on any atom is -0.480 e. The van der Waals surface area contributed by atoms with Gasteiger partial charge < -0.3 is 14.2 Å². The van der Waals surface area contributed by atoms with Crippen molar-refractivity contribution >= 4 is 11.1 Å². The smallest absolute Gasteiger partial charge is 0.199 e. The van der Waals surface area contributed by atoms with Gasteiger partial charge in [-0.25, -0.2) is 0 Å². The molecule has 0 N–H and O–H groups in total. The molecule has 4 heteroatoms. The monoisotopic (exact) mass is 533 g/mol. The maximum atomic E-state index is 6.73. The lowest BCUT2D eigenvalue weighted by Crippen LogP contribution is -2.29. The third-order valence-electron chi connectivity index (χ3n) is 8.20. The zero-order valence-electron chi connectivity index (χ0n) is 23.7. The molecule has 0 saturated carbocycles. The molecule has 3 heterocycles. The van der Waals surface area contributed by atoms with E-state index < -0.39 is 0 Å². The molecule has 2 atom stereocenters. The number of likely N-dealkylation sites (tertiary alicyclic amines) is 1. The Kier molecular flexibility index (Phi) is 8.23. The molecule has 3 aliphatic heterocycles. The normalized spacial score (nSPS) is 21.1. The number of nitrogens with zero attached hydrogens (tertiary/aromatic N) is 1. The van der Waals surface area contributed by atoms with Gasteiger partial charge in [-0.15, -0.1) is 0 Å². The summed E-state index contributed by atoms with van der Waals surface area (Å²) >= 11 is 0. The van der Waals surface area contributed by atoms with Gasteiger partial charge >= 0.3 is 0 Å². The van der Waals surface area contributed by atoms with Gasteiger partial charge in [0.1, 0.15) is 17.6 Å². The van der Waals surface area contributed by atoms with E-state index in [1.807, 2.05) is 6.07 Å². The van der Waals surface area contributed by atoms with Crippen molar-refractivity contribution < 1.29 is 14.2 Å². The molecule has 2 fully saturated rings. The Morgan fingerprint density at radius 1 is 0.900 bits per heavy atom. The van der Waals surface area contributed by atoms with Gasteiger partial charge in [0.25, 0.3) is 0 Å². The molecule has 6 rings (SSSR count). The van der Waals surface area contributed by atoms with Gasteiger partial charge in [-0.3, -0.25) is 4.90 Å². The topological polar surface area (TPSA) is 30.9 Å². The van der Waals surface area contributed by atoms with Crippen LogP contribution in [-0.4, -0.2) is 37.4 Å². The summed E-state index contributed by atoms with van der Waals surface area (Å²) in [6, 6.07) is 23.4. The maximum absolute atomic E-state index is 6.73. The number of hydrogen-bond acceptors (Lipinski definition) is 4. The molecule has 3 aromatic carbocycles. The number of rotatable bonds is 5. The first-order valence-corrected chi connectivity index (χ1v) is 14.8. The first-order valence-electron chi connectivity index (χ1n) is 14.8. The second-order valence-electron chi connectivity index (χ2n) is 11.2. The number of aryl methyl sites for hydroxylation is 1. The molecule has 3 aliphatic rings. The first-order chi connectivity index (χ1) is 19.6. The Morgan fingerprint density at radius 3 is 2.55 bits per heavy atom. The van der Waals surface area contributed by atoms with E-state index in [1.165, 1.54) is 43.5 Å². The van der Waals surface area contributed by atoms with E-state index in [-0.39, 0.29) is 12.4 Å².